The molecule has 0 saturated heterocycles. The molecule has 6 aromatic carbocycles. The van der Waals surface area contributed by atoms with E-state index in [4.69, 9.17) is 28.8 Å². The minimum atomic E-state index is 0.589. The topological polar surface area (TPSA) is 81.1 Å². The van der Waals surface area contributed by atoms with Gasteiger partial charge in [-0.05, 0) is 109 Å². The lowest BCUT2D eigenvalue weighted by Gasteiger charge is -2.26. The molecule has 11 aromatic rings. The number of aromatic nitrogens is 4. The summed E-state index contributed by atoms with van der Waals surface area (Å²) in [5, 5.41) is 1.01. The molecule has 0 fully saturated rings. The second-order valence-corrected chi connectivity index (χ2v) is 13.9. The minimum absolute atomic E-state index is 0.589. The number of para-hydroxylation sites is 3. The highest BCUT2D eigenvalue weighted by atomic mass is 16.3. The smallest absolute Gasteiger partial charge is 0.227 e. The highest BCUT2D eigenvalue weighted by Crippen LogP contribution is 2.39. The molecule has 7 heteroatoms. The normalized spacial score (nSPS) is 11.5. The largest absolute Gasteiger partial charge is 0.454 e. The van der Waals surface area contributed by atoms with Crippen LogP contribution in [-0.2, 0) is 0 Å². The van der Waals surface area contributed by atoms with Crippen LogP contribution in [-0.4, -0.2) is 19.9 Å². The summed E-state index contributed by atoms with van der Waals surface area (Å²) in [6.45, 7) is 0. The summed E-state index contributed by atoms with van der Waals surface area (Å²) in [6, 6.07) is 61.7. The van der Waals surface area contributed by atoms with E-state index in [2.05, 4.69) is 114 Å². The predicted octanol–water partition coefficient (Wildman–Crippen LogP) is 13.2. The van der Waals surface area contributed by atoms with Gasteiger partial charge in [0.05, 0.1) is 22.4 Å². The van der Waals surface area contributed by atoms with Crippen LogP contribution in [0, 0.1) is 0 Å². The van der Waals surface area contributed by atoms with Crippen molar-refractivity contribution in [2.75, 3.05) is 4.90 Å². The molecular formula is C50H31N5O2. The van der Waals surface area contributed by atoms with E-state index in [0.29, 0.717) is 5.89 Å². The molecule has 0 N–H and O–H groups in total. The Kier molecular flexibility index (Phi) is 7.67. The molecule has 5 heterocycles. The third-order valence-electron chi connectivity index (χ3n) is 10.4. The lowest BCUT2D eigenvalue weighted by Crippen LogP contribution is -2.09. The maximum Gasteiger partial charge on any atom is 0.227 e. The van der Waals surface area contributed by atoms with Gasteiger partial charge in [0.25, 0.3) is 0 Å². The quantitative estimate of drug-likeness (QED) is 0.161. The molecule has 0 aliphatic rings. The molecule has 11 rings (SSSR count). The van der Waals surface area contributed by atoms with Crippen molar-refractivity contribution in [1.29, 1.82) is 0 Å². The van der Waals surface area contributed by atoms with Gasteiger partial charge >= 0.3 is 0 Å². The van der Waals surface area contributed by atoms with Gasteiger partial charge < -0.3 is 13.7 Å². The Hall–Kier alpha value is -7.90. The first-order valence-corrected chi connectivity index (χ1v) is 18.8. The molecule has 0 spiro atoms. The fourth-order valence-electron chi connectivity index (χ4n) is 7.56. The van der Waals surface area contributed by atoms with Crippen LogP contribution in [0.2, 0.25) is 0 Å². The van der Waals surface area contributed by atoms with E-state index in [1.165, 1.54) is 0 Å². The van der Waals surface area contributed by atoms with E-state index in [1.807, 2.05) is 79.0 Å². The van der Waals surface area contributed by atoms with Crippen molar-refractivity contribution in [2.45, 2.75) is 0 Å². The van der Waals surface area contributed by atoms with Crippen LogP contribution in [0.5, 0.6) is 0 Å². The van der Waals surface area contributed by atoms with E-state index < -0.39 is 0 Å². The number of oxazole rings is 1. The standard InChI is InChI=1S/C50H31N5O2/c1-2-9-32(10-3-1)40-31-44(52-43-13-8-30-51-48(40)43)34-18-24-37(25-19-34)55(38-26-20-35(21-27-38)50-54-42-12-5-7-15-46(42)57-50)36-22-16-33(17-23-36)41-28-29-47-49(53-41)39-11-4-6-14-45(39)56-47/h1-31H. The van der Waals surface area contributed by atoms with Gasteiger partial charge in [0.1, 0.15) is 16.6 Å². The van der Waals surface area contributed by atoms with Crippen LogP contribution < -0.4 is 4.90 Å². The average Bonchev–Trinajstić information content (AvgIpc) is 3.89. The molecule has 0 radical (unpaired) electrons. The second-order valence-electron chi connectivity index (χ2n) is 13.9. The zero-order valence-corrected chi connectivity index (χ0v) is 30.5. The van der Waals surface area contributed by atoms with E-state index in [9.17, 15) is 0 Å². The zero-order chi connectivity index (χ0) is 37.7. The molecule has 0 unspecified atom stereocenters. The number of fused-ring (bicyclic) bond motifs is 5. The fourth-order valence-corrected chi connectivity index (χ4v) is 7.56. The summed E-state index contributed by atoms with van der Waals surface area (Å²) in [6.07, 6.45) is 1.82. The zero-order valence-electron chi connectivity index (χ0n) is 30.5. The third kappa shape index (κ3) is 5.86. The first-order chi connectivity index (χ1) is 28.2. The number of hydrogen-bond acceptors (Lipinski definition) is 7. The number of nitrogens with zero attached hydrogens (tertiary/aromatic N) is 5. The number of benzene rings is 6. The first-order valence-electron chi connectivity index (χ1n) is 18.8. The van der Waals surface area contributed by atoms with Gasteiger partial charge in [-0.1, -0.05) is 78.9 Å². The Balaban J connectivity index is 0.980. The van der Waals surface area contributed by atoms with Gasteiger partial charge in [-0.3, -0.25) is 4.98 Å². The van der Waals surface area contributed by atoms with E-state index in [-0.39, 0.29) is 0 Å². The van der Waals surface area contributed by atoms with Crippen LogP contribution in [0.3, 0.4) is 0 Å². The number of rotatable bonds is 7. The molecule has 0 amide bonds. The molecular weight excluding hydrogens is 703 g/mol. The van der Waals surface area contributed by atoms with Crippen molar-refractivity contribution in [1.82, 2.24) is 19.9 Å². The van der Waals surface area contributed by atoms with Gasteiger partial charge in [-0.25, -0.2) is 15.0 Å². The highest BCUT2D eigenvalue weighted by molar-refractivity contribution is 6.03. The summed E-state index contributed by atoms with van der Waals surface area (Å²) in [5.41, 5.74) is 15.6. The number of furan rings is 1. The maximum atomic E-state index is 6.10. The highest BCUT2D eigenvalue weighted by Gasteiger charge is 2.17. The van der Waals surface area contributed by atoms with Crippen LogP contribution in [0.25, 0.3) is 89.3 Å². The van der Waals surface area contributed by atoms with Crippen molar-refractivity contribution < 1.29 is 8.83 Å². The van der Waals surface area contributed by atoms with Crippen LogP contribution in [0.4, 0.5) is 17.1 Å². The lowest BCUT2D eigenvalue weighted by molar-refractivity contribution is 0.620. The van der Waals surface area contributed by atoms with Crippen molar-refractivity contribution in [3.8, 4) is 45.1 Å². The Bertz CT molecular complexity index is 3190. The molecule has 57 heavy (non-hydrogen) atoms. The summed E-state index contributed by atoms with van der Waals surface area (Å²) >= 11 is 0. The SMILES string of the molecule is c1ccc(-c2cc(-c3ccc(N(c4ccc(-c5ccc6oc7ccccc7c6n5)cc4)c4ccc(-c5nc6ccccc6o5)cc4)cc3)nc3cccnc23)cc1. The molecule has 5 aromatic heterocycles. The average molecular weight is 734 g/mol. The van der Waals surface area contributed by atoms with E-state index in [1.54, 1.807) is 0 Å². The van der Waals surface area contributed by atoms with Crippen molar-refractivity contribution in [3.63, 3.8) is 0 Å². The summed E-state index contributed by atoms with van der Waals surface area (Å²) in [5.74, 6) is 0.589. The predicted molar refractivity (Wildman–Crippen MR) is 229 cm³/mol. The third-order valence-corrected chi connectivity index (χ3v) is 10.4. The maximum absolute atomic E-state index is 6.10. The van der Waals surface area contributed by atoms with E-state index >= 15 is 0 Å². The van der Waals surface area contributed by atoms with Crippen molar-refractivity contribution in [2.24, 2.45) is 0 Å². The van der Waals surface area contributed by atoms with Gasteiger partial charge in [-0.15, -0.1) is 0 Å². The van der Waals surface area contributed by atoms with Crippen molar-refractivity contribution in [3.05, 3.63) is 188 Å². The molecule has 0 aliphatic heterocycles. The number of pyridine rings is 3. The summed E-state index contributed by atoms with van der Waals surface area (Å²) in [4.78, 5) is 21.7. The first kappa shape index (κ1) is 32.5. The van der Waals surface area contributed by atoms with E-state index in [0.717, 1.165) is 100 Å². The van der Waals surface area contributed by atoms with Crippen LogP contribution >= 0.6 is 0 Å². The molecule has 268 valence electrons. The molecule has 0 aliphatic carbocycles. The fraction of sp³-hybridized carbons (Fsp3) is 0. The second kappa shape index (κ2) is 13.4. The van der Waals surface area contributed by atoms with Crippen LogP contribution in [0.1, 0.15) is 0 Å². The summed E-state index contributed by atoms with van der Waals surface area (Å²) < 4.78 is 12.1. The Morgan fingerprint density at radius 2 is 1.02 bits per heavy atom. The van der Waals surface area contributed by atoms with Gasteiger partial charge in [0.2, 0.25) is 5.89 Å². The molecule has 0 atom stereocenters. The number of hydrogen-bond donors (Lipinski definition) is 0. The number of anilines is 3. The molecule has 0 bridgehead atoms. The van der Waals surface area contributed by atoms with Crippen LogP contribution in [0.15, 0.2) is 197 Å². The Morgan fingerprint density at radius 3 is 1.75 bits per heavy atom. The molecule has 0 saturated carbocycles. The monoisotopic (exact) mass is 733 g/mol. The molecule has 7 nitrogen and oxygen atoms in total. The van der Waals surface area contributed by atoms with Crippen molar-refractivity contribution >= 4 is 61.3 Å². The Morgan fingerprint density at radius 1 is 0.386 bits per heavy atom. The summed E-state index contributed by atoms with van der Waals surface area (Å²) in [7, 11) is 0. The minimum Gasteiger partial charge on any atom is -0.454 e. The van der Waals surface area contributed by atoms with Gasteiger partial charge in [0, 0.05) is 50.9 Å². The lowest BCUT2D eigenvalue weighted by atomic mass is 10.0. The van der Waals surface area contributed by atoms with Gasteiger partial charge in [0.15, 0.2) is 11.2 Å². The Labute approximate surface area is 327 Å². The van der Waals surface area contributed by atoms with Gasteiger partial charge in [-0.2, -0.15) is 0 Å².